The molecule has 1 aliphatic heterocycles. The normalized spacial score (nSPS) is 18.2. The largest absolute Gasteiger partial charge is 0.375 e. The molecular formula is C22H17BrClNO3S. The zero-order valence-electron chi connectivity index (χ0n) is 15.5. The molecule has 1 aliphatic rings. The van der Waals surface area contributed by atoms with E-state index in [-0.39, 0.29) is 12.2 Å². The number of aliphatic hydroxyl groups is 1. The first-order valence-corrected chi connectivity index (χ1v) is 11.0. The van der Waals surface area contributed by atoms with Crippen LogP contribution in [0.2, 0.25) is 5.02 Å². The minimum absolute atomic E-state index is 0.291. The third-order valence-electron chi connectivity index (χ3n) is 5.15. The molecule has 0 saturated carbocycles. The molecule has 7 heteroatoms. The summed E-state index contributed by atoms with van der Waals surface area (Å²) in [6, 6.07) is 16.2. The Morgan fingerprint density at radius 1 is 1.21 bits per heavy atom. The van der Waals surface area contributed by atoms with E-state index >= 15 is 0 Å². The van der Waals surface area contributed by atoms with Crippen LogP contribution in [-0.2, 0) is 16.9 Å². The van der Waals surface area contributed by atoms with E-state index in [2.05, 4.69) is 15.9 Å². The quantitative estimate of drug-likeness (QED) is 0.482. The van der Waals surface area contributed by atoms with Crippen molar-refractivity contribution in [3.8, 4) is 0 Å². The van der Waals surface area contributed by atoms with Gasteiger partial charge in [0.15, 0.2) is 11.4 Å². The zero-order valence-corrected chi connectivity index (χ0v) is 18.6. The lowest BCUT2D eigenvalue weighted by atomic mass is 9.89. The number of carbonyl (C=O) groups excluding carboxylic acids is 2. The summed E-state index contributed by atoms with van der Waals surface area (Å²) in [5.41, 5.74) is 1.01. The standard InChI is InChI=1S/C22H17BrClNO3S/c1-13-4-2-3-5-14(13)12-25-17-7-6-15(24)10-16(17)22(28,21(25)27)11-18(26)19-8-9-20(23)29-19/h2-10,28H,11-12H2,1H3/t22-/m0/s1. The second kappa shape index (κ2) is 7.69. The Kier molecular flexibility index (Phi) is 5.38. The topological polar surface area (TPSA) is 57.6 Å². The predicted octanol–water partition coefficient (Wildman–Crippen LogP) is 5.48. The molecule has 4 nitrogen and oxygen atoms in total. The van der Waals surface area contributed by atoms with Crippen LogP contribution in [0.15, 0.2) is 58.4 Å². The molecule has 0 bridgehead atoms. The lowest BCUT2D eigenvalue weighted by molar-refractivity contribution is -0.136. The Labute approximate surface area is 185 Å². The van der Waals surface area contributed by atoms with Crippen LogP contribution in [-0.4, -0.2) is 16.8 Å². The third kappa shape index (κ3) is 3.66. The Balaban J connectivity index is 1.73. The van der Waals surface area contributed by atoms with E-state index in [0.717, 1.165) is 14.9 Å². The van der Waals surface area contributed by atoms with E-state index in [1.54, 1.807) is 30.3 Å². The summed E-state index contributed by atoms with van der Waals surface area (Å²) in [5.74, 6) is -0.804. The third-order valence-corrected chi connectivity index (χ3v) is 7.05. The first-order valence-electron chi connectivity index (χ1n) is 8.97. The van der Waals surface area contributed by atoms with E-state index in [4.69, 9.17) is 11.6 Å². The number of anilines is 1. The summed E-state index contributed by atoms with van der Waals surface area (Å²) in [4.78, 5) is 28.2. The maximum absolute atomic E-state index is 13.4. The number of halogens is 2. The van der Waals surface area contributed by atoms with Crippen LogP contribution < -0.4 is 4.90 Å². The van der Waals surface area contributed by atoms with Crippen LogP contribution in [0.25, 0.3) is 0 Å². The van der Waals surface area contributed by atoms with E-state index in [1.165, 1.54) is 16.2 Å². The number of fused-ring (bicyclic) bond motifs is 1. The molecule has 1 atom stereocenters. The molecule has 0 fully saturated rings. The molecular weight excluding hydrogens is 474 g/mol. The molecule has 0 unspecified atom stereocenters. The SMILES string of the molecule is Cc1ccccc1CN1C(=O)[C@](O)(CC(=O)c2ccc(Br)s2)c2cc(Cl)ccc21. The molecule has 0 aliphatic carbocycles. The van der Waals surface area contributed by atoms with E-state index < -0.39 is 11.5 Å². The molecule has 0 radical (unpaired) electrons. The zero-order chi connectivity index (χ0) is 20.8. The van der Waals surface area contributed by atoms with Crippen molar-refractivity contribution in [2.45, 2.75) is 25.5 Å². The molecule has 29 heavy (non-hydrogen) atoms. The van der Waals surface area contributed by atoms with Crippen molar-refractivity contribution < 1.29 is 14.7 Å². The number of thiophene rings is 1. The fourth-order valence-corrected chi connectivity index (χ4v) is 5.09. The molecule has 2 aromatic carbocycles. The van der Waals surface area contributed by atoms with E-state index in [1.807, 2.05) is 31.2 Å². The van der Waals surface area contributed by atoms with Gasteiger partial charge in [-0.1, -0.05) is 35.9 Å². The highest BCUT2D eigenvalue weighted by atomic mass is 79.9. The lowest BCUT2D eigenvalue weighted by Crippen LogP contribution is -2.41. The average molecular weight is 491 g/mol. The van der Waals surface area contributed by atoms with Crippen molar-refractivity contribution in [1.82, 2.24) is 0 Å². The van der Waals surface area contributed by atoms with Gasteiger partial charge in [-0.3, -0.25) is 9.59 Å². The maximum Gasteiger partial charge on any atom is 0.264 e. The summed E-state index contributed by atoms with van der Waals surface area (Å²) in [6.07, 6.45) is -0.337. The fraction of sp³-hybridized carbons (Fsp3) is 0.182. The van der Waals surface area contributed by atoms with Gasteiger partial charge in [-0.2, -0.15) is 0 Å². The smallest absolute Gasteiger partial charge is 0.264 e. The Hall–Kier alpha value is -1.99. The number of benzene rings is 2. The van der Waals surface area contributed by atoms with Gasteiger partial charge in [0.2, 0.25) is 0 Å². The van der Waals surface area contributed by atoms with Crippen LogP contribution >= 0.6 is 38.9 Å². The Bertz CT molecular complexity index is 1130. The molecule has 1 aromatic heterocycles. The van der Waals surface area contributed by atoms with Crippen molar-refractivity contribution in [1.29, 1.82) is 0 Å². The van der Waals surface area contributed by atoms with Gasteiger partial charge < -0.3 is 10.0 Å². The minimum Gasteiger partial charge on any atom is -0.375 e. The minimum atomic E-state index is -1.95. The molecule has 1 N–H and O–H groups in total. The number of hydrogen-bond acceptors (Lipinski definition) is 4. The second-order valence-corrected chi connectivity index (χ2v) is 9.94. The van der Waals surface area contributed by atoms with E-state index in [9.17, 15) is 14.7 Å². The van der Waals surface area contributed by atoms with Gasteiger partial charge in [0.1, 0.15) is 0 Å². The average Bonchev–Trinajstić information content (AvgIpc) is 3.20. The molecule has 148 valence electrons. The second-order valence-electron chi connectivity index (χ2n) is 7.04. The number of hydrogen-bond donors (Lipinski definition) is 1. The van der Waals surface area contributed by atoms with Gasteiger partial charge in [-0.25, -0.2) is 0 Å². The van der Waals surface area contributed by atoms with Crippen molar-refractivity contribution in [2.24, 2.45) is 0 Å². The van der Waals surface area contributed by atoms with Crippen LogP contribution in [0.5, 0.6) is 0 Å². The number of nitrogens with zero attached hydrogens (tertiary/aromatic N) is 1. The number of Topliss-reactive ketones (excluding diaryl/α,β-unsaturated/α-hetero) is 1. The van der Waals surface area contributed by atoms with Gasteiger partial charge in [-0.15, -0.1) is 11.3 Å². The van der Waals surface area contributed by atoms with E-state index in [0.29, 0.717) is 27.7 Å². The molecule has 0 spiro atoms. The van der Waals surface area contributed by atoms with Crippen molar-refractivity contribution in [3.63, 3.8) is 0 Å². The van der Waals surface area contributed by atoms with Crippen LogP contribution in [0.3, 0.4) is 0 Å². The number of aryl methyl sites for hydroxylation is 1. The fourth-order valence-electron chi connectivity index (χ4n) is 3.59. The highest BCUT2D eigenvalue weighted by Crippen LogP contribution is 2.45. The van der Waals surface area contributed by atoms with Crippen LogP contribution in [0, 0.1) is 6.92 Å². The lowest BCUT2D eigenvalue weighted by Gasteiger charge is -2.23. The highest BCUT2D eigenvalue weighted by molar-refractivity contribution is 9.11. The number of rotatable bonds is 5. The van der Waals surface area contributed by atoms with Crippen molar-refractivity contribution in [2.75, 3.05) is 4.90 Å². The summed E-state index contributed by atoms with van der Waals surface area (Å²) < 4.78 is 0.815. The molecule has 2 heterocycles. The summed E-state index contributed by atoms with van der Waals surface area (Å²) >= 11 is 10.8. The Morgan fingerprint density at radius 2 is 1.97 bits per heavy atom. The van der Waals surface area contributed by atoms with Gasteiger partial charge >= 0.3 is 0 Å². The molecule has 0 saturated heterocycles. The molecule has 4 rings (SSSR count). The van der Waals surface area contributed by atoms with Crippen LogP contribution in [0.1, 0.15) is 32.8 Å². The molecule has 1 amide bonds. The highest BCUT2D eigenvalue weighted by Gasteiger charge is 2.51. The summed E-state index contributed by atoms with van der Waals surface area (Å²) in [5, 5.41) is 11.8. The number of amides is 1. The number of ketones is 1. The first-order chi connectivity index (χ1) is 13.8. The van der Waals surface area contributed by atoms with Crippen molar-refractivity contribution >= 4 is 56.2 Å². The van der Waals surface area contributed by atoms with Crippen LogP contribution in [0.4, 0.5) is 5.69 Å². The van der Waals surface area contributed by atoms with Gasteiger partial charge in [0, 0.05) is 10.6 Å². The Morgan fingerprint density at radius 3 is 2.66 bits per heavy atom. The maximum atomic E-state index is 13.4. The van der Waals surface area contributed by atoms with Gasteiger partial charge in [-0.05, 0) is 64.3 Å². The monoisotopic (exact) mass is 489 g/mol. The van der Waals surface area contributed by atoms with Gasteiger partial charge in [0.05, 0.1) is 27.3 Å². The first kappa shape index (κ1) is 20.3. The van der Waals surface area contributed by atoms with Gasteiger partial charge in [0.25, 0.3) is 5.91 Å². The summed E-state index contributed by atoms with van der Waals surface area (Å²) in [7, 11) is 0. The molecule has 3 aromatic rings. The predicted molar refractivity (Wildman–Crippen MR) is 119 cm³/mol. The van der Waals surface area contributed by atoms with Crippen molar-refractivity contribution in [3.05, 3.63) is 85.0 Å². The summed E-state index contributed by atoms with van der Waals surface area (Å²) in [6.45, 7) is 2.28. The number of carbonyl (C=O) groups is 2.